The number of amides is 1. The fourth-order valence-corrected chi connectivity index (χ4v) is 3.93. The molecule has 0 unspecified atom stereocenters. The maximum atomic E-state index is 12.6. The molecule has 1 aromatic carbocycles. The molecule has 3 aromatic rings. The number of carbonyl (C=O) groups is 1. The molecule has 0 atom stereocenters. The highest BCUT2D eigenvalue weighted by atomic mass is 16.2. The van der Waals surface area contributed by atoms with Crippen LogP contribution in [0.2, 0.25) is 0 Å². The molecule has 0 saturated carbocycles. The fourth-order valence-electron chi connectivity index (χ4n) is 3.93. The van der Waals surface area contributed by atoms with Crippen LogP contribution in [0, 0.1) is 0 Å². The van der Waals surface area contributed by atoms with E-state index < -0.39 is 0 Å². The first-order valence-corrected chi connectivity index (χ1v) is 11.0. The minimum Gasteiger partial charge on any atom is -0.361 e. The van der Waals surface area contributed by atoms with E-state index in [1.807, 2.05) is 11.0 Å². The second-order valence-electron chi connectivity index (χ2n) is 7.70. The van der Waals surface area contributed by atoms with Crippen LogP contribution in [0.3, 0.4) is 0 Å². The lowest BCUT2D eigenvalue weighted by molar-refractivity contribution is -0.131. The Morgan fingerprint density at radius 1 is 1.06 bits per heavy atom. The third-order valence-corrected chi connectivity index (χ3v) is 5.68. The van der Waals surface area contributed by atoms with Gasteiger partial charge in [0.2, 0.25) is 11.9 Å². The highest BCUT2D eigenvalue weighted by Gasteiger charge is 2.22. The molecule has 1 aliphatic rings. The van der Waals surface area contributed by atoms with Gasteiger partial charge in [0.1, 0.15) is 0 Å². The van der Waals surface area contributed by atoms with Gasteiger partial charge in [-0.15, -0.1) is 0 Å². The van der Waals surface area contributed by atoms with Crippen molar-refractivity contribution >= 4 is 28.7 Å². The van der Waals surface area contributed by atoms with Crippen molar-refractivity contribution in [3.63, 3.8) is 0 Å². The Balaban J connectivity index is 1.15. The van der Waals surface area contributed by atoms with Crippen LogP contribution in [0.25, 0.3) is 10.9 Å². The fraction of sp³-hybridized carbons (Fsp3) is 0.391. The molecule has 0 spiro atoms. The van der Waals surface area contributed by atoms with Gasteiger partial charge in [0, 0.05) is 82.2 Å². The Morgan fingerprint density at radius 3 is 2.59 bits per heavy atom. The molecule has 9 heteroatoms. The Hall–Kier alpha value is -3.62. The van der Waals surface area contributed by atoms with Crippen molar-refractivity contribution in [2.45, 2.75) is 12.8 Å². The molecule has 0 radical (unpaired) electrons. The summed E-state index contributed by atoms with van der Waals surface area (Å²) in [6, 6.07) is 10.1. The number of aromatic nitrogens is 3. The number of para-hydroxylation sites is 1. The number of anilines is 1. The molecule has 3 N–H and O–H groups in total. The highest BCUT2D eigenvalue weighted by molar-refractivity contribution is 5.83. The molecule has 1 amide bonds. The maximum absolute atomic E-state index is 12.6. The van der Waals surface area contributed by atoms with E-state index in [2.05, 4.69) is 59.9 Å². The van der Waals surface area contributed by atoms with Gasteiger partial charge >= 0.3 is 0 Å². The standard InChI is InChI=1S/C23H30N8O/c1-24-22(25-11-7-18-17-29-20-6-3-2-5-19(18)20)26-12-8-21(32)30-13-15-31(16-14-30)23-27-9-4-10-28-23/h2-6,9-10,17,29H,7-8,11-16H2,1H3,(H2,24,25,26). The van der Waals surface area contributed by atoms with Crippen molar-refractivity contribution in [1.29, 1.82) is 0 Å². The molecule has 1 fully saturated rings. The first-order chi connectivity index (χ1) is 15.7. The number of hydrogen-bond donors (Lipinski definition) is 3. The number of fused-ring (bicyclic) bond motifs is 1. The molecule has 1 saturated heterocycles. The van der Waals surface area contributed by atoms with Gasteiger partial charge in [0.15, 0.2) is 5.96 Å². The molecule has 1 aliphatic heterocycles. The summed E-state index contributed by atoms with van der Waals surface area (Å²) >= 11 is 0. The van der Waals surface area contributed by atoms with Crippen LogP contribution >= 0.6 is 0 Å². The van der Waals surface area contributed by atoms with E-state index in [1.165, 1.54) is 10.9 Å². The minimum atomic E-state index is 0.153. The van der Waals surface area contributed by atoms with E-state index in [0.717, 1.165) is 37.5 Å². The van der Waals surface area contributed by atoms with Gasteiger partial charge in [-0.25, -0.2) is 9.97 Å². The number of aliphatic imine (C=N–C) groups is 1. The van der Waals surface area contributed by atoms with Crippen molar-refractivity contribution in [2.75, 3.05) is 51.2 Å². The average molecular weight is 435 g/mol. The monoisotopic (exact) mass is 434 g/mol. The number of guanidine groups is 1. The van der Waals surface area contributed by atoms with E-state index in [1.54, 1.807) is 25.5 Å². The smallest absolute Gasteiger partial charge is 0.225 e. The lowest BCUT2D eigenvalue weighted by atomic mass is 10.1. The normalized spacial score (nSPS) is 14.6. The number of aromatic amines is 1. The molecule has 2 aromatic heterocycles. The number of hydrogen-bond acceptors (Lipinski definition) is 5. The van der Waals surface area contributed by atoms with E-state index >= 15 is 0 Å². The number of rotatable bonds is 7. The van der Waals surface area contributed by atoms with Gasteiger partial charge < -0.3 is 25.4 Å². The third-order valence-electron chi connectivity index (χ3n) is 5.68. The molecular formula is C23H30N8O. The maximum Gasteiger partial charge on any atom is 0.225 e. The molecule has 0 aliphatic carbocycles. The Kier molecular flexibility index (Phi) is 7.16. The summed E-state index contributed by atoms with van der Waals surface area (Å²) in [4.78, 5) is 32.7. The summed E-state index contributed by atoms with van der Waals surface area (Å²) in [5.41, 5.74) is 2.43. The van der Waals surface area contributed by atoms with Crippen LogP contribution in [0.5, 0.6) is 0 Å². The Morgan fingerprint density at radius 2 is 1.81 bits per heavy atom. The minimum absolute atomic E-state index is 0.153. The van der Waals surface area contributed by atoms with E-state index in [9.17, 15) is 4.79 Å². The van der Waals surface area contributed by atoms with Gasteiger partial charge in [-0.3, -0.25) is 9.79 Å². The van der Waals surface area contributed by atoms with Crippen LogP contribution in [0.4, 0.5) is 5.95 Å². The quantitative estimate of drug-likeness (QED) is 0.384. The number of piperazine rings is 1. The first-order valence-electron chi connectivity index (χ1n) is 11.0. The molecule has 168 valence electrons. The molecule has 9 nitrogen and oxygen atoms in total. The third kappa shape index (κ3) is 5.35. The van der Waals surface area contributed by atoms with Crippen molar-refractivity contribution < 1.29 is 4.79 Å². The zero-order chi connectivity index (χ0) is 22.2. The largest absolute Gasteiger partial charge is 0.361 e. The SMILES string of the molecule is CN=C(NCCC(=O)N1CCN(c2ncccn2)CC1)NCCc1c[nH]c2ccccc12. The number of benzene rings is 1. The number of nitrogens with zero attached hydrogens (tertiary/aromatic N) is 5. The zero-order valence-electron chi connectivity index (χ0n) is 18.4. The van der Waals surface area contributed by atoms with Gasteiger partial charge in [-0.05, 0) is 24.1 Å². The number of H-pyrrole nitrogens is 1. The summed E-state index contributed by atoms with van der Waals surface area (Å²) in [7, 11) is 1.74. The average Bonchev–Trinajstić information content (AvgIpc) is 3.26. The first kappa shape index (κ1) is 21.6. The van der Waals surface area contributed by atoms with Gasteiger partial charge in [-0.1, -0.05) is 18.2 Å². The highest BCUT2D eigenvalue weighted by Crippen LogP contribution is 2.17. The van der Waals surface area contributed by atoms with Gasteiger partial charge in [0.05, 0.1) is 0 Å². The molecule has 0 bridgehead atoms. The summed E-state index contributed by atoms with van der Waals surface area (Å²) in [5, 5.41) is 7.83. The van der Waals surface area contributed by atoms with Crippen LogP contribution in [-0.4, -0.2) is 78.0 Å². The summed E-state index contributed by atoms with van der Waals surface area (Å²) in [6.45, 7) is 4.19. The number of carbonyl (C=O) groups excluding carboxylic acids is 1. The second-order valence-corrected chi connectivity index (χ2v) is 7.70. The van der Waals surface area contributed by atoms with Gasteiger partial charge in [-0.2, -0.15) is 0 Å². The Labute approximate surface area is 188 Å². The molecule has 4 rings (SSSR count). The van der Waals surface area contributed by atoms with Crippen LogP contribution in [0.1, 0.15) is 12.0 Å². The molecule has 32 heavy (non-hydrogen) atoms. The Bertz CT molecular complexity index is 1040. The van der Waals surface area contributed by atoms with Crippen molar-refractivity contribution in [1.82, 2.24) is 30.5 Å². The predicted molar refractivity (Wildman–Crippen MR) is 127 cm³/mol. The van der Waals surface area contributed by atoms with Crippen LogP contribution in [-0.2, 0) is 11.2 Å². The van der Waals surface area contributed by atoms with E-state index in [-0.39, 0.29) is 5.91 Å². The topological polar surface area (TPSA) is 102 Å². The van der Waals surface area contributed by atoms with Crippen LogP contribution in [0.15, 0.2) is 53.9 Å². The number of nitrogens with one attached hydrogen (secondary N) is 3. The lowest BCUT2D eigenvalue weighted by Gasteiger charge is -2.34. The van der Waals surface area contributed by atoms with Crippen molar-refractivity contribution in [3.05, 3.63) is 54.5 Å². The second kappa shape index (κ2) is 10.6. The summed E-state index contributed by atoms with van der Waals surface area (Å²) in [6.07, 6.45) is 6.87. The van der Waals surface area contributed by atoms with Crippen molar-refractivity contribution in [3.8, 4) is 0 Å². The molecule has 3 heterocycles. The molecular weight excluding hydrogens is 404 g/mol. The summed E-state index contributed by atoms with van der Waals surface area (Å²) < 4.78 is 0. The van der Waals surface area contributed by atoms with E-state index in [0.29, 0.717) is 32.0 Å². The van der Waals surface area contributed by atoms with Gasteiger partial charge in [0.25, 0.3) is 0 Å². The predicted octanol–water partition coefficient (Wildman–Crippen LogP) is 1.40. The summed E-state index contributed by atoms with van der Waals surface area (Å²) in [5.74, 6) is 1.59. The van der Waals surface area contributed by atoms with E-state index in [4.69, 9.17) is 0 Å². The zero-order valence-corrected chi connectivity index (χ0v) is 18.4. The van der Waals surface area contributed by atoms with Crippen LogP contribution < -0.4 is 15.5 Å². The van der Waals surface area contributed by atoms with Crippen molar-refractivity contribution in [2.24, 2.45) is 4.99 Å². The lowest BCUT2D eigenvalue weighted by Crippen LogP contribution is -2.50.